The first kappa shape index (κ1) is 24.6. The number of carbonyl (C=O) groups excluding carboxylic acids is 2. The van der Waals surface area contributed by atoms with E-state index in [9.17, 15) is 9.59 Å². The van der Waals surface area contributed by atoms with Crippen molar-refractivity contribution in [2.24, 2.45) is 0 Å². The Kier molecular flexibility index (Phi) is 8.39. The van der Waals surface area contributed by atoms with Crippen LogP contribution in [0.25, 0.3) is 5.57 Å². The van der Waals surface area contributed by atoms with Gasteiger partial charge in [0.15, 0.2) is 0 Å². The Hall–Kier alpha value is -2.99. The van der Waals surface area contributed by atoms with Crippen LogP contribution in [0, 0.1) is 13.8 Å². The lowest BCUT2D eigenvalue weighted by molar-refractivity contribution is -0.137. The smallest absolute Gasteiger partial charge is 0.277 e. The van der Waals surface area contributed by atoms with Crippen LogP contribution >= 0.6 is 0 Å². The largest absolute Gasteiger partial charge is 0.379 e. The summed E-state index contributed by atoms with van der Waals surface area (Å²) >= 11 is 0. The fourth-order valence-corrected chi connectivity index (χ4v) is 4.00. The minimum Gasteiger partial charge on any atom is -0.379 e. The van der Waals surface area contributed by atoms with Gasteiger partial charge in [0.05, 0.1) is 11.7 Å². The lowest BCUT2D eigenvalue weighted by Crippen LogP contribution is -2.37. The fourth-order valence-electron chi connectivity index (χ4n) is 4.00. The number of carbonyl (C=O) groups is 2. The van der Waals surface area contributed by atoms with E-state index in [1.807, 2.05) is 69.9 Å². The first-order valence-electron chi connectivity index (χ1n) is 11.8. The van der Waals surface area contributed by atoms with Crippen molar-refractivity contribution < 1.29 is 14.3 Å². The van der Waals surface area contributed by atoms with Crippen LogP contribution in [0.5, 0.6) is 0 Å². The molecule has 1 aliphatic rings. The molecule has 2 amide bonds. The molecule has 0 spiro atoms. The maximum Gasteiger partial charge on any atom is 0.277 e. The molecule has 2 aromatic rings. The molecule has 0 saturated carbocycles. The molecule has 0 N–H and O–H groups in total. The number of nitrogens with zero attached hydrogens (tertiary/aromatic N) is 3. The second kappa shape index (κ2) is 11.2. The van der Waals surface area contributed by atoms with Crippen molar-refractivity contribution in [1.82, 2.24) is 14.8 Å². The predicted octanol–water partition coefficient (Wildman–Crippen LogP) is 4.16. The van der Waals surface area contributed by atoms with Gasteiger partial charge in [0, 0.05) is 38.6 Å². The Morgan fingerprint density at radius 2 is 1.76 bits per heavy atom. The van der Waals surface area contributed by atoms with Gasteiger partial charge < -0.3 is 9.64 Å². The van der Waals surface area contributed by atoms with Crippen LogP contribution < -0.4 is 0 Å². The number of hydrogen-bond donors (Lipinski definition) is 0. The van der Waals surface area contributed by atoms with Gasteiger partial charge in [-0.25, -0.2) is 0 Å². The summed E-state index contributed by atoms with van der Waals surface area (Å²) in [6.07, 6.45) is 5.06. The normalized spacial score (nSPS) is 14.1. The maximum absolute atomic E-state index is 13.5. The number of pyridine rings is 1. The van der Waals surface area contributed by atoms with Crippen LogP contribution in [-0.4, -0.2) is 58.9 Å². The van der Waals surface area contributed by atoms with Crippen LogP contribution in [-0.2, 0) is 20.7 Å². The Morgan fingerprint density at radius 3 is 2.39 bits per heavy atom. The molecule has 176 valence electrons. The molecule has 0 radical (unpaired) electrons. The van der Waals surface area contributed by atoms with E-state index in [0.29, 0.717) is 43.9 Å². The highest BCUT2D eigenvalue weighted by Crippen LogP contribution is 2.32. The van der Waals surface area contributed by atoms with Crippen molar-refractivity contribution in [2.75, 3.05) is 26.2 Å². The third-order valence-corrected chi connectivity index (χ3v) is 6.03. The summed E-state index contributed by atoms with van der Waals surface area (Å²) in [6, 6.07) is 9.94. The molecule has 3 rings (SSSR count). The van der Waals surface area contributed by atoms with E-state index in [-0.39, 0.29) is 17.9 Å². The molecule has 0 atom stereocenters. The van der Waals surface area contributed by atoms with E-state index >= 15 is 0 Å². The summed E-state index contributed by atoms with van der Waals surface area (Å²) in [5.74, 6) is -0.431. The molecule has 0 fully saturated rings. The molecular weight excluding hydrogens is 414 g/mol. The number of benzene rings is 1. The molecule has 1 aromatic heterocycles. The van der Waals surface area contributed by atoms with Crippen LogP contribution in [0.3, 0.4) is 0 Å². The molecule has 6 nitrogen and oxygen atoms in total. The van der Waals surface area contributed by atoms with Crippen molar-refractivity contribution in [3.05, 3.63) is 70.7 Å². The summed E-state index contributed by atoms with van der Waals surface area (Å²) < 4.78 is 5.62. The van der Waals surface area contributed by atoms with Gasteiger partial charge in [0.2, 0.25) is 0 Å². The number of rotatable bonds is 11. The second-order valence-corrected chi connectivity index (χ2v) is 8.74. The standard InChI is InChI=1S/C27H35N3O3/c1-6-29(16-12-22-10-13-28-14-11-22)25-24(23-9-8-20(4)21(5)18-23)26(31)30(27(25)32)15-7-17-33-19(2)3/h8-11,13-14,18-19H,6-7,12,15-17H2,1-5H3. The van der Waals surface area contributed by atoms with E-state index in [1.54, 1.807) is 12.4 Å². The lowest BCUT2D eigenvalue weighted by atomic mass is 9.99. The number of ether oxygens (including phenoxy) is 1. The Bertz CT molecular complexity index is 1010. The lowest BCUT2D eigenvalue weighted by Gasteiger charge is -2.25. The third-order valence-electron chi connectivity index (χ3n) is 6.03. The number of aromatic nitrogens is 1. The van der Waals surface area contributed by atoms with Crippen LogP contribution in [0.15, 0.2) is 48.4 Å². The van der Waals surface area contributed by atoms with E-state index in [1.165, 1.54) is 4.90 Å². The minimum absolute atomic E-state index is 0.124. The average Bonchev–Trinajstić information content (AvgIpc) is 3.04. The number of amides is 2. The topological polar surface area (TPSA) is 62.7 Å². The summed E-state index contributed by atoms with van der Waals surface area (Å²) in [4.78, 5) is 34.6. The van der Waals surface area contributed by atoms with E-state index in [2.05, 4.69) is 4.98 Å². The molecule has 0 bridgehead atoms. The minimum atomic E-state index is -0.217. The highest BCUT2D eigenvalue weighted by Gasteiger charge is 2.40. The fraction of sp³-hybridized carbons (Fsp3) is 0.444. The first-order chi connectivity index (χ1) is 15.8. The highest BCUT2D eigenvalue weighted by atomic mass is 16.5. The van der Waals surface area contributed by atoms with Crippen LogP contribution in [0.4, 0.5) is 0 Å². The van der Waals surface area contributed by atoms with Gasteiger partial charge >= 0.3 is 0 Å². The zero-order valence-corrected chi connectivity index (χ0v) is 20.4. The van der Waals surface area contributed by atoms with Gasteiger partial charge in [-0.05, 0) is 81.8 Å². The van der Waals surface area contributed by atoms with Crippen LogP contribution in [0.1, 0.15) is 49.4 Å². The van der Waals surface area contributed by atoms with Gasteiger partial charge in [-0.15, -0.1) is 0 Å². The SMILES string of the molecule is CCN(CCc1ccncc1)C1=C(c2ccc(C)c(C)c2)C(=O)N(CCCOC(C)C)C1=O. The zero-order chi connectivity index (χ0) is 24.0. The number of aryl methyl sites for hydroxylation is 2. The number of likely N-dealkylation sites (N-methyl/N-ethyl adjacent to an activating group) is 1. The zero-order valence-electron chi connectivity index (χ0n) is 20.4. The maximum atomic E-state index is 13.5. The highest BCUT2D eigenvalue weighted by molar-refractivity contribution is 6.35. The Balaban J connectivity index is 1.91. The summed E-state index contributed by atoms with van der Waals surface area (Å²) in [5, 5.41) is 0. The van der Waals surface area contributed by atoms with E-state index in [0.717, 1.165) is 28.7 Å². The molecule has 0 aliphatic carbocycles. The van der Waals surface area contributed by atoms with Crippen molar-refractivity contribution in [3.63, 3.8) is 0 Å². The van der Waals surface area contributed by atoms with Gasteiger partial charge in [-0.2, -0.15) is 0 Å². The number of hydrogen-bond acceptors (Lipinski definition) is 5. The molecule has 33 heavy (non-hydrogen) atoms. The predicted molar refractivity (Wildman–Crippen MR) is 130 cm³/mol. The quantitative estimate of drug-likeness (QED) is 0.381. The monoisotopic (exact) mass is 449 g/mol. The van der Waals surface area contributed by atoms with Crippen molar-refractivity contribution in [1.29, 1.82) is 0 Å². The molecule has 6 heteroatoms. The molecule has 1 aliphatic heterocycles. The second-order valence-electron chi connectivity index (χ2n) is 8.74. The van der Waals surface area contributed by atoms with E-state index < -0.39 is 0 Å². The van der Waals surface area contributed by atoms with E-state index in [4.69, 9.17) is 4.74 Å². The molecular formula is C27H35N3O3. The van der Waals surface area contributed by atoms with Gasteiger partial charge in [-0.1, -0.05) is 18.2 Å². The molecule has 2 heterocycles. The molecule has 0 unspecified atom stereocenters. The molecule has 0 saturated heterocycles. The van der Waals surface area contributed by atoms with Gasteiger partial charge in [-0.3, -0.25) is 19.5 Å². The van der Waals surface area contributed by atoms with Crippen molar-refractivity contribution in [2.45, 2.75) is 53.6 Å². The first-order valence-corrected chi connectivity index (χ1v) is 11.8. The third kappa shape index (κ3) is 5.88. The summed E-state index contributed by atoms with van der Waals surface area (Å²) in [5.41, 5.74) is 5.22. The Labute approximate surface area is 197 Å². The van der Waals surface area contributed by atoms with Gasteiger partial charge in [0.25, 0.3) is 11.8 Å². The molecule has 1 aromatic carbocycles. The van der Waals surface area contributed by atoms with Crippen molar-refractivity contribution >= 4 is 17.4 Å². The Morgan fingerprint density at radius 1 is 1.03 bits per heavy atom. The average molecular weight is 450 g/mol. The summed E-state index contributed by atoms with van der Waals surface area (Å²) in [6.45, 7) is 12.2. The van der Waals surface area contributed by atoms with Crippen LogP contribution in [0.2, 0.25) is 0 Å². The van der Waals surface area contributed by atoms with Gasteiger partial charge in [0.1, 0.15) is 5.70 Å². The summed E-state index contributed by atoms with van der Waals surface area (Å²) in [7, 11) is 0. The number of imide groups is 1. The van der Waals surface area contributed by atoms with Crippen molar-refractivity contribution in [3.8, 4) is 0 Å².